The number of phosphoric ester groups is 1. The average molecular weight is 1210 g/mol. The highest BCUT2D eigenvalue weighted by Crippen LogP contribution is 2.43. The van der Waals surface area contributed by atoms with Crippen molar-refractivity contribution >= 4 is 13.7 Å². The number of rotatable bonds is 72. The number of nitrogens with one attached hydrogen (secondary N) is 1. The van der Waals surface area contributed by atoms with Gasteiger partial charge in [-0.1, -0.05) is 379 Å². The number of aliphatic hydroxyl groups is 1. The van der Waals surface area contributed by atoms with Gasteiger partial charge in [-0.25, -0.2) is 4.57 Å². The fourth-order valence-electron chi connectivity index (χ4n) is 12.1. The summed E-state index contributed by atoms with van der Waals surface area (Å²) in [6, 6.07) is -0.759. The molecule has 0 aromatic rings. The van der Waals surface area contributed by atoms with Crippen LogP contribution in [0.25, 0.3) is 0 Å². The van der Waals surface area contributed by atoms with Gasteiger partial charge >= 0.3 is 7.82 Å². The highest BCUT2D eigenvalue weighted by Gasteiger charge is 2.28. The molecule has 84 heavy (non-hydrogen) atoms. The number of hydrogen-bond acceptors (Lipinski definition) is 5. The molecule has 0 aliphatic rings. The van der Waals surface area contributed by atoms with Crippen molar-refractivity contribution in [2.24, 2.45) is 0 Å². The van der Waals surface area contributed by atoms with Gasteiger partial charge in [-0.05, 0) is 38.5 Å². The van der Waals surface area contributed by atoms with Gasteiger partial charge in [0.1, 0.15) is 13.2 Å². The molecule has 0 saturated carbocycles. The van der Waals surface area contributed by atoms with Gasteiger partial charge in [-0.3, -0.25) is 13.8 Å². The van der Waals surface area contributed by atoms with Crippen LogP contribution in [-0.2, 0) is 18.4 Å². The van der Waals surface area contributed by atoms with E-state index < -0.39 is 20.0 Å². The lowest BCUT2D eigenvalue weighted by Crippen LogP contribution is -2.46. The lowest BCUT2D eigenvalue weighted by atomic mass is 10.0. The number of aliphatic hydroxyl groups excluding tert-OH is 1. The van der Waals surface area contributed by atoms with Gasteiger partial charge in [-0.2, -0.15) is 0 Å². The highest BCUT2D eigenvalue weighted by molar-refractivity contribution is 7.47. The number of nitrogens with zero attached hydrogens (tertiary/aromatic N) is 1. The zero-order valence-corrected chi connectivity index (χ0v) is 58.6. The van der Waals surface area contributed by atoms with E-state index in [0.29, 0.717) is 23.9 Å². The Kier molecular flexibility index (Phi) is 66.1. The van der Waals surface area contributed by atoms with Gasteiger partial charge in [0.15, 0.2) is 0 Å². The molecular weight excluding hydrogens is 1060 g/mol. The molecule has 0 radical (unpaired) electrons. The summed E-state index contributed by atoms with van der Waals surface area (Å²) in [5.74, 6) is -0.134. The van der Waals surface area contributed by atoms with Crippen LogP contribution in [0.2, 0.25) is 0 Å². The summed E-state index contributed by atoms with van der Waals surface area (Å²) < 4.78 is 23.9. The molecule has 3 unspecified atom stereocenters. The van der Waals surface area contributed by atoms with E-state index in [0.717, 1.165) is 38.5 Å². The predicted octanol–water partition coefficient (Wildman–Crippen LogP) is 24.5. The largest absolute Gasteiger partial charge is 0.472 e. The summed E-state index contributed by atoms with van der Waals surface area (Å²) in [4.78, 5) is 23.5. The Labute approximate surface area is 526 Å². The zero-order valence-electron chi connectivity index (χ0n) is 57.7. The molecule has 3 N–H and O–H groups in total. The molecule has 0 spiro atoms. The summed E-state index contributed by atoms with van der Waals surface area (Å²) in [5.41, 5.74) is 0. The van der Waals surface area contributed by atoms with E-state index in [4.69, 9.17) is 9.05 Å². The number of allylic oxidation sites excluding steroid dienone is 2. The Morgan fingerprint density at radius 1 is 0.393 bits per heavy atom. The van der Waals surface area contributed by atoms with E-state index in [1.165, 1.54) is 347 Å². The molecule has 9 heteroatoms. The lowest BCUT2D eigenvalue weighted by molar-refractivity contribution is -0.870. The minimum Gasteiger partial charge on any atom is -0.391 e. The molecule has 0 aliphatic carbocycles. The van der Waals surface area contributed by atoms with Crippen molar-refractivity contribution in [3.63, 3.8) is 0 Å². The maximum atomic E-state index is 13.1. The normalized spacial score (nSPS) is 13.6. The molecule has 8 nitrogen and oxygen atoms in total. The summed E-state index contributed by atoms with van der Waals surface area (Å²) in [6.07, 6.45) is 86.3. The van der Waals surface area contributed by atoms with Crippen LogP contribution in [0.1, 0.15) is 412 Å². The predicted molar refractivity (Wildman–Crippen MR) is 369 cm³/mol. The summed E-state index contributed by atoms with van der Waals surface area (Å²) >= 11 is 0. The van der Waals surface area contributed by atoms with Crippen LogP contribution < -0.4 is 5.32 Å². The average Bonchev–Trinajstić information content (AvgIpc) is 3.56. The quantitative estimate of drug-likeness (QED) is 0.0243. The summed E-state index contributed by atoms with van der Waals surface area (Å²) in [7, 11) is 1.64. The van der Waals surface area contributed by atoms with E-state index in [-0.39, 0.29) is 19.1 Å². The number of amides is 1. The Morgan fingerprint density at radius 3 is 0.917 bits per heavy atom. The molecule has 502 valence electrons. The van der Waals surface area contributed by atoms with Crippen molar-refractivity contribution in [2.75, 3.05) is 40.9 Å². The summed E-state index contributed by atoms with van der Waals surface area (Å²) in [6.45, 7) is 4.97. The molecule has 3 atom stereocenters. The second-order valence-corrected chi connectivity index (χ2v) is 29.2. The third kappa shape index (κ3) is 68.7. The minimum absolute atomic E-state index is 0.0783. The molecular formula is C75H152N2O6P+. The van der Waals surface area contributed by atoms with Crippen LogP contribution in [-0.4, -0.2) is 73.4 Å². The Bertz CT molecular complexity index is 1370. The van der Waals surface area contributed by atoms with Gasteiger partial charge in [0, 0.05) is 6.42 Å². The fraction of sp³-hybridized carbons (Fsp3) is 0.960. The topological polar surface area (TPSA) is 105 Å². The number of unbranched alkanes of at least 4 members (excludes halogenated alkanes) is 57. The van der Waals surface area contributed by atoms with E-state index in [1.54, 1.807) is 0 Å². The van der Waals surface area contributed by atoms with Gasteiger partial charge < -0.3 is 19.8 Å². The first-order valence-corrected chi connectivity index (χ1v) is 39.5. The number of quaternary nitrogens is 1. The fourth-order valence-corrected chi connectivity index (χ4v) is 12.8. The molecule has 1 amide bonds. The van der Waals surface area contributed by atoms with E-state index in [1.807, 2.05) is 21.1 Å². The Hall–Kier alpha value is -0.760. The zero-order chi connectivity index (χ0) is 61.2. The SMILES string of the molecule is CCCCCCCCCCCCCCCCCC/C=C\CCCCCCCCCCCCCCCCCCCC(=O)NC(COP(=O)(O)OCC[N+](C)(C)C)C(O)CCCCCCCCCCCCCCCCCCCCCCCCCCC. The third-order valence-electron chi connectivity index (χ3n) is 18.0. The number of phosphoric acid groups is 1. The summed E-state index contributed by atoms with van der Waals surface area (Å²) in [5, 5.41) is 14.2. The first-order valence-electron chi connectivity index (χ1n) is 38.1. The Morgan fingerprint density at radius 2 is 0.643 bits per heavy atom. The number of carbonyl (C=O) groups is 1. The number of likely N-dealkylation sites (N-methyl/N-ethyl adjacent to an activating group) is 1. The maximum absolute atomic E-state index is 13.1. The smallest absolute Gasteiger partial charge is 0.391 e. The van der Waals surface area contributed by atoms with Crippen molar-refractivity contribution in [1.82, 2.24) is 5.32 Å². The van der Waals surface area contributed by atoms with E-state index in [9.17, 15) is 19.4 Å². The van der Waals surface area contributed by atoms with Crippen LogP contribution >= 0.6 is 7.82 Å². The second-order valence-electron chi connectivity index (χ2n) is 27.7. The maximum Gasteiger partial charge on any atom is 0.472 e. The Balaban J connectivity index is 3.92. The molecule has 0 aliphatic heterocycles. The van der Waals surface area contributed by atoms with Gasteiger partial charge in [0.05, 0.1) is 39.9 Å². The van der Waals surface area contributed by atoms with Crippen LogP contribution in [0.5, 0.6) is 0 Å². The van der Waals surface area contributed by atoms with Crippen molar-refractivity contribution < 1.29 is 32.9 Å². The van der Waals surface area contributed by atoms with Crippen LogP contribution in [0, 0.1) is 0 Å². The van der Waals surface area contributed by atoms with Crippen LogP contribution in [0.4, 0.5) is 0 Å². The second kappa shape index (κ2) is 66.7. The highest BCUT2D eigenvalue weighted by atomic mass is 31.2. The van der Waals surface area contributed by atoms with Gasteiger partial charge in [0.25, 0.3) is 0 Å². The molecule has 0 heterocycles. The van der Waals surface area contributed by atoms with Crippen LogP contribution in [0.3, 0.4) is 0 Å². The number of carbonyl (C=O) groups excluding carboxylic acids is 1. The molecule has 0 fully saturated rings. The van der Waals surface area contributed by atoms with Crippen molar-refractivity contribution in [3.05, 3.63) is 12.2 Å². The lowest BCUT2D eigenvalue weighted by Gasteiger charge is -2.26. The van der Waals surface area contributed by atoms with Gasteiger partial charge in [-0.15, -0.1) is 0 Å². The van der Waals surface area contributed by atoms with E-state index in [2.05, 4.69) is 31.3 Å². The standard InChI is InChI=1S/C75H151N2O6P/c1-6-8-10-12-14-16-18-20-22-24-26-28-30-32-33-34-35-36-37-38-39-40-41-42-43-45-47-49-51-53-55-57-59-61-63-65-67-69-75(79)76-73(72-83-84(80,81)82-71-70-77(3,4)5)74(78)68-66-64-62-60-58-56-54-52-50-48-46-44-31-29-27-25-23-21-19-17-15-13-11-9-7-2/h36-37,73-74,78H,6-35,38-72H2,1-5H3,(H-,76,79,80,81)/p+1/b37-36-. The minimum atomic E-state index is -4.33. The monoisotopic (exact) mass is 1210 g/mol. The molecule has 0 rings (SSSR count). The molecule has 0 aromatic carbocycles. The third-order valence-corrected chi connectivity index (χ3v) is 19.0. The van der Waals surface area contributed by atoms with E-state index >= 15 is 0 Å². The first kappa shape index (κ1) is 83.2. The first-order chi connectivity index (χ1) is 41.0. The van der Waals surface area contributed by atoms with Crippen molar-refractivity contribution in [3.8, 4) is 0 Å². The van der Waals surface area contributed by atoms with Gasteiger partial charge in [0.2, 0.25) is 5.91 Å². The molecule has 0 saturated heterocycles. The number of hydrogen-bond donors (Lipinski definition) is 3. The molecule has 0 bridgehead atoms. The molecule has 0 aromatic heterocycles. The van der Waals surface area contributed by atoms with Crippen LogP contribution in [0.15, 0.2) is 12.2 Å². The van der Waals surface area contributed by atoms with Crippen molar-refractivity contribution in [2.45, 2.75) is 424 Å². The van der Waals surface area contributed by atoms with Crippen molar-refractivity contribution in [1.29, 1.82) is 0 Å².